The van der Waals surface area contributed by atoms with Crippen LogP contribution in [0.25, 0.3) is 0 Å². The molecule has 1 aromatic heterocycles. The molecule has 1 amide bonds. The number of anilines is 1. The van der Waals surface area contributed by atoms with Crippen molar-refractivity contribution < 1.29 is 9.53 Å². The Kier molecular flexibility index (Phi) is 3.73. The van der Waals surface area contributed by atoms with Crippen molar-refractivity contribution in [2.75, 3.05) is 24.5 Å². The van der Waals surface area contributed by atoms with Gasteiger partial charge in [-0.25, -0.2) is 4.98 Å². The Morgan fingerprint density at radius 1 is 1.63 bits per heavy atom. The predicted octanol–water partition coefficient (Wildman–Crippen LogP) is 0.123. The topological polar surface area (TPSA) is 94.5 Å². The van der Waals surface area contributed by atoms with E-state index in [2.05, 4.69) is 4.98 Å². The third-order valence-corrected chi connectivity index (χ3v) is 3.10. The fourth-order valence-corrected chi connectivity index (χ4v) is 2.42. The fraction of sp³-hybridized carbons (Fsp3) is 0.538. The second-order valence-electron chi connectivity index (χ2n) is 5.35. The van der Waals surface area contributed by atoms with Gasteiger partial charge in [0, 0.05) is 25.8 Å². The van der Waals surface area contributed by atoms with Crippen LogP contribution >= 0.6 is 0 Å². The number of pyridine rings is 1. The minimum absolute atomic E-state index is 0.0773. The van der Waals surface area contributed by atoms with E-state index in [1.165, 1.54) is 0 Å². The molecular formula is C13H20N4O2. The minimum Gasteiger partial charge on any atom is -0.367 e. The van der Waals surface area contributed by atoms with Gasteiger partial charge < -0.3 is 21.1 Å². The number of carbonyl (C=O) groups is 1. The second-order valence-corrected chi connectivity index (χ2v) is 5.35. The molecule has 4 N–H and O–H groups in total. The summed E-state index contributed by atoms with van der Waals surface area (Å²) in [5.74, 6) is 0.126. The average molecular weight is 264 g/mol. The first kappa shape index (κ1) is 13.8. The number of nitrogens with zero attached hydrogens (tertiary/aromatic N) is 2. The molecule has 0 aromatic carbocycles. The molecule has 0 bridgehead atoms. The molecule has 2 rings (SSSR count). The summed E-state index contributed by atoms with van der Waals surface area (Å²) in [5.41, 5.74) is 11.2. The summed E-state index contributed by atoms with van der Waals surface area (Å²) in [4.78, 5) is 17.8. The summed E-state index contributed by atoms with van der Waals surface area (Å²) in [6.07, 6.45) is 1.58. The smallest absolute Gasteiger partial charge is 0.252 e. The fourth-order valence-electron chi connectivity index (χ4n) is 2.42. The lowest BCUT2D eigenvalue weighted by Gasteiger charge is -2.43. The van der Waals surface area contributed by atoms with Crippen LogP contribution in [0.3, 0.4) is 0 Å². The van der Waals surface area contributed by atoms with Crippen LogP contribution in [0.15, 0.2) is 18.3 Å². The van der Waals surface area contributed by atoms with E-state index >= 15 is 0 Å². The van der Waals surface area contributed by atoms with E-state index in [-0.39, 0.29) is 11.7 Å². The third-order valence-electron chi connectivity index (χ3n) is 3.10. The predicted molar refractivity (Wildman–Crippen MR) is 73.0 cm³/mol. The van der Waals surface area contributed by atoms with E-state index in [1.54, 1.807) is 18.3 Å². The Balaban J connectivity index is 2.33. The maximum atomic E-state index is 11.5. The maximum Gasteiger partial charge on any atom is 0.252 e. The van der Waals surface area contributed by atoms with Gasteiger partial charge in [-0.3, -0.25) is 4.79 Å². The number of amides is 1. The minimum atomic E-state index is -0.475. The van der Waals surface area contributed by atoms with E-state index in [1.807, 2.05) is 18.7 Å². The molecule has 6 heteroatoms. The first-order valence-corrected chi connectivity index (χ1v) is 6.30. The van der Waals surface area contributed by atoms with Crippen LogP contribution < -0.4 is 16.4 Å². The Labute approximate surface area is 112 Å². The molecule has 0 aliphatic carbocycles. The number of aromatic nitrogens is 1. The zero-order valence-corrected chi connectivity index (χ0v) is 11.3. The van der Waals surface area contributed by atoms with Gasteiger partial charge in [0.1, 0.15) is 5.82 Å². The standard InChI is InChI=1S/C13H20N4O2/c1-13(2)8-17(7-9(6-14)19-13)12-10(11(15)18)4-3-5-16-12/h3-5,9H,6-8,14H2,1-2H3,(H2,15,18). The number of ether oxygens (including phenoxy) is 1. The van der Waals surface area contributed by atoms with Crippen LogP contribution in [-0.2, 0) is 4.74 Å². The van der Waals surface area contributed by atoms with Gasteiger partial charge in [-0.2, -0.15) is 0 Å². The van der Waals surface area contributed by atoms with Crippen molar-refractivity contribution in [2.45, 2.75) is 25.6 Å². The third kappa shape index (κ3) is 3.02. The van der Waals surface area contributed by atoms with Gasteiger partial charge >= 0.3 is 0 Å². The molecule has 1 aromatic rings. The van der Waals surface area contributed by atoms with E-state index in [0.717, 1.165) is 0 Å². The lowest BCUT2D eigenvalue weighted by molar-refractivity contribution is -0.0790. The van der Waals surface area contributed by atoms with E-state index in [4.69, 9.17) is 16.2 Å². The molecule has 0 saturated carbocycles. The zero-order valence-electron chi connectivity index (χ0n) is 11.3. The average Bonchev–Trinajstić information content (AvgIpc) is 2.36. The Bertz CT molecular complexity index is 475. The normalized spacial score (nSPS) is 22.3. The molecule has 0 radical (unpaired) electrons. The SMILES string of the molecule is CC1(C)CN(c2ncccc2C(N)=O)CC(CN)O1. The molecule has 0 spiro atoms. The highest BCUT2D eigenvalue weighted by atomic mass is 16.5. The van der Waals surface area contributed by atoms with Gasteiger partial charge in [-0.1, -0.05) is 0 Å². The van der Waals surface area contributed by atoms with Crippen molar-refractivity contribution in [3.05, 3.63) is 23.9 Å². The van der Waals surface area contributed by atoms with Gasteiger partial charge in [-0.05, 0) is 26.0 Å². The lowest BCUT2D eigenvalue weighted by atomic mass is 10.0. The highest BCUT2D eigenvalue weighted by Gasteiger charge is 2.34. The molecular weight excluding hydrogens is 244 g/mol. The summed E-state index contributed by atoms with van der Waals surface area (Å²) in [6, 6.07) is 3.39. The van der Waals surface area contributed by atoms with Gasteiger partial charge in [0.2, 0.25) is 0 Å². The number of hydrogen-bond acceptors (Lipinski definition) is 5. The van der Waals surface area contributed by atoms with E-state index < -0.39 is 5.91 Å². The summed E-state index contributed by atoms with van der Waals surface area (Å²) >= 11 is 0. The molecule has 1 fully saturated rings. The first-order valence-electron chi connectivity index (χ1n) is 6.30. The second kappa shape index (κ2) is 5.14. The molecule has 1 atom stereocenters. The van der Waals surface area contributed by atoms with Crippen molar-refractivity contribution in [1.29, 1.82) is 0 Å². The molecule has 104 valence electrons. The molecule has 1 unspecified atom stereocenters. The summed E-state index contributed by atoms with van der Waals surface area (Å²) in [6.45, 7) is 5.67. The number of hydrogen-bond donors (Lipinski definition) is 2. The van der Waals surface area contributed by atoms with Crippen LogP contribution in [-0.4, -0.2) is 42.2 Å². The molecule has 2 heterocycles. The number of primary amides is 1. The Hall–Kier alpha value is -1.66. The van der Waals surface area contributed by atoms with Crippen LogP contribution in [0.2, 0.25) is 0 Å². The first-order chi connectivity index (χ1) is 8.93. The highest BCUT2D eigenvalue weighted by molar-refractivity contribution is 5.97. The molecule has 1 aliphatic heterocycles. The quantitative estimate of drug-likeness (QED) is 0.808. The number of nitrogens with two attached hydrogens (primary N) is 2. The number of morpholine rings is 1. The van der Waals surface area contributed by atoms with Crippen LogP contribution in [0.1, 0.15) is 24.2 Å². The van der Waals surface area contributed by atoms with Crippen LogP contribution in [0.4, 0.5) is 5.82 Å². The van der Waals surface area contributed by atoms with Gasteiger partial charge in [0.15, 0.2) is 0 Å². The number of rotatable bonds is 3. The van der Waals surface area contributed by atoms with E-state index in [0.29, 0.717) is 31.0 Å². The van der Waals surface area contributed by atoms with Gasteiger partial charge in [-0.15, -0.1) is 0 Å². The van der Waals surface area contributed by atoms with Crippen LogP contribution in [0, 0.1) is 0 Å². The van der Waals surface area contributed by atoms with Crippen molar-refractivity contribution in [3.8, 4) is 0 Å². The Morgan fingerprint density at radius 3 is 3.00 bits per heavy atom. The van der Waals surface area contributed by atoms with Crippen molar-refractivity contribution in [3.63, 3.8) is 0 Å². The Morgan fingerprint density at radius 2 is 2.37 bits per heavy atom. The molecule has 1 aliphatic rings. The monoisotopic (exact) mass is 264 g/mol. The summed E-state index contributed by atoms with van der Waals surface area (Å²) in [5, 5.41) is 0. The summed E-state index contributed by atoms with van der Waals surface area (Å²) < 4.78 is 5.86. The zero-order chi connectivity index (χ0) is 14.0. The van der Waals surface area contributed by atoms with Gasteiger partial charge in [0.25, 0.3) is 5.91 Å². The number of carbonyl (C=O) groups excluding carboxylic acids is 1. The van der Waals surface area contributed by atoms with Gasteiger partial charge in [0.05, 0.1) is 17.3 Å². The van der Waals surface area contributed by atoms with E-state index in [9.17, 15) is 4.79 Å². The van der Waals surface area contributed by atoms with Crippen molar-refractivity contribution >= 4 is 11.7 Å². The molecule has 6 nitrogen and oxygen atoms in total. The maximum absolute atomic E-state index is 11.5. The summed E-state index contributed by atoms with van der Waals surface area (Å²) in [7, 11) is 0. The largest absolute Gasteiger partial charge is 0.367 e. The molecule has 19 heavy (non-hydrogen) atoms. The van der Waals surface area contributed by atoms with Crippen molar-refractivity contribution in [2.24, 2.45) is 11.5 Å². The van der Waals surface area contributed by atoms with Crippen LogP contribution in [0.5, 0.6) is 0 Å². The highest BCUT2D eigenvalue weighted by Crippen LogP contribution is 2.26. The molecule has 1 saturated heterocycles. The van der Waals surface area contributed by atoms with Crippen molar-refractivity contribution in [1.82, 2.24) is 4.98 Å². The lowest BCUT2D eigenvalue weighted by Crippen LogP contribution is -2.55.